The summed E-state index contributed by atoms with van der Waals surface area (Å²) in [5, 5.41) is 5.52. The Morgan fingerprint density at radius 1 is 1.35 bits per heavy atom. The van der Waals surface area contributed by atoms with Crippen molar-refractivity contribution in [3.63, 3.8) is 0 Å². The third-order valence-corrected chi connectivity index (χ3v) is 3.05. The van der Waals surface area contributed by atoms with Crippen LogP contribution in [0.3, 0.4) is 0 Å². The smallest absolute Gasteiger partial charge is 0.168 e. The van der Waals surface area contributed by atoms with E-state index in [0.717, 1.165) is 17.2 Å². The Labute approximate surface area is 102 Å². The van der Waals surface area contributed by atoms with Crippen molar-refractivity contribution in [1.29, 1.82) is 0 Å². The summed E-state index contributed by atoms with van der Waals surface area (Å²) in [4.78, 5) is 15.2. The van der Waals surface area contributed by atoms with E-state index in [1.807, 2.05) is 24.3 Å². The first-order valence-electron chi connectivity index (χ1n) is 5.11. The molecule has 0 aliphatic heterocycles. The minimum Gasteiger partial charge on any atom is -0.298 e. The van der Waals surface area contributed by atoms with Gasteiger partial charge in [0.15, 0.2) is 11.9 Å². The lowest BCUT2D eigenvalue weighted by Crippen LogP contribution is -1.94. The maximum atomic E-state index is 11.0. The molecule has 0 spiro atoms. The van der Waals surface area contributed by atoms with Crippen molar-refractivity contribution in [1.82, 2.24) is 14.6 Å². The van der Waals surface area contributed by atoms with E-state index in [2.05, 4.69) is 10.1 Å². The van der Waals surface area contributed by atoms with Gasteiger partial charge in [0, 0.05) is 5.39 Å². The molecule has 0 N–H and O–H groups in total. The van der Waals surface area contributed by atoms with Crippen molar-refractivity contribution >= 4 is 34.4 Å². The molecule has 0 unspecified atom stereocenters. The highest BCUT2D eigenvalue weighted by molar-refractivity contribution is 6.34. The first kappa shape index (κ1) is 10.2. The Hall–Kier alpha value is -1.94. The molecule has 0 bridgehead atoms. The van der Waals surface area contributed by atoms with Crippen molar-refractivity contribution in [2.75, 3.05) is 0 Å². The molecule has 2 aromatic heterocycles. The first-order valence-corrected chi connectivity index (χ1v) is 5.49. The van der Waals surface area contributed by atoms with Crippen LogP contribution in [-0.4, -0.2) is 20.9 Å². The molecule has 0 atom stereocenters. The minimum absolute atomic E-state index is 0.385. The second-order valence-corrected chi connectivity index (χ2v) is 4.13. The van der Waals surface area contributed by atoms with Gasteiger partial charge in [-0.25, -0.2) is 9.50 Å². The summed E-state index contributed by atoms with van der Waals surface area (Å²) >= 11 is 6.11. The van der Waals surface area contributed by atoms with Crippen LogP contribution in [0.4, 0.5) is 0 Å². The summed E-state index contributed by atoms with van der Waals surface area (Å²) < 4.78 is 1.65. The van der Waals surface area contributed by atoms with E-state index in [4.69, 9.17) is 11.6 Å². The number of carbonyl (C=O) groups excluding carboxylic acids is 1. The largest absolute Gasteiger partial charge is 0.298 e. The van der Waals surface area contributed by atoms with E-state index < -0.39 is 0 Å². The van der Waals surface area contributed by atoms with Crippen LogP contribution in [0.1, 0.15) is 16.1 Å². The zero-order valence-corrected chi connectivity index (χ0v) is 9.77. The van der Waals surface area contributed by atoms with Crippen LogP contribution in [0.15, 0.2) is 24.3 Å². The highest BCUT2D eigenvalue weighted by Crippen LogP contribution is 2.24. The van der Waals surface area contributed by atoms with Gasteiger partial charge >= 0.3 is 0 Å². The van der Waals surface area contributed by atoms with E-state index in [1.54, 1.807) is 11.4 Å². The van der Waals surface area contributed by atoms with Gasteiger partial charge in [0.2, 0.25) is 0 Å². The van der Waals surface area contributed by atoms with E-state index >= 15 is 0 Å². The molecule has 0 radical (unpaired) electrons. The van der Waals surface area contributed by atoms with Gasteiger partial charge in [-0.15, -0.1) is 0 Å². The number of halogens is 1. The van der Waals surface area contributed by atoms with Crippen molar-refractivity contribution in [3.05, 3.63) is 40.7 Å². The summed E-state index contributed by atoms with van der Waals surface area (Å²) in [7, 11) is 0. The van der Waals surface area contributed by atoms with Crippen LogP contribution in [0, 0.1) is 6.92 Å². The number of carbonyl (C=O) groups is 1. The number of aldehydes is 1. The molecule has 3 aromatic rings. The lowest BCUT2D eigenvalue weighted by Gasteiger charge is -2.02. The lowest BCUT2D eigenvalue weighted by atomic mass is 10.2. The van der Waals surface area contributed by atoms with Gasteiger partial charge < -0.3 is 0 Å². The molecular formula is C12H8ClN3O. The number of aryl methyl sites for hydroxylation is 1. The van der Waals surface area contributed by atoms with Crippen molar-refractivity contribution in [2.24, 2.45) is 0 Å². The summed E-state index contributed by atoms with van der Waals surface area (Å²) in [5.41, 5.74) is 2.48. The summed E-state index contributed by atoms with van der Waals surface area (Å²) in [6, 6.07) is 7.56. The lowest BCUT2D eigenvalue weighted by molar-refractivity contribution is 0.112. The number of hydrogen-bond acceptors (Lipinski definition) is 3. The Bertz CT molecular complexity index is 748. The molecule has 0 fully saturated rings. The molecule has 0 aliphatic rings. The molecule has 3 rings (SSSR count). The molecule has 1 aromatic carbocycles. The average molecular weight is 246 g/mol. The van der Waals surface area contributed by atoms with Gasteiger partial charge in [0.1, 0.15) is 5.15 Å². The summed E-state index contributed by atoms with van der Waals surface area (Å²) in [5.74, 6) is 0. The normalized spacial score (nSPS) is 11.2. The van der Waals surface area contributed by atoms with Gasteiger partial charge in [-0.1, -0.05) is 23.7 Å². The van der Waals surface area contributed by atoms with Gasteiger partial charge in [-0.05, 0) is 19.1 Å². The van der Waals surface area contributed by atoms with Crippen LogP contribution in [0.5, 0.6) is 0 Å². The van der Waals surface area contributed by atoms with Crippen LogP contribution in [0.2, 0.25) is 5.15 Å². The fourth-order valence-corrected chi connectivity index (χ4v) is 2.17. The maximum absolute atomic E-state index is 11.0. The van der Waals surface area contributed by atoms with E-state index in [0.29, 0.717) is 22.1 Å². The number of rotatable bonds is 1. The quantitative estimate of drug-likeness (QED) is 0.489. The summed E-state index contributed by atoms with van der Waals surface area (Å²) in [6.45, 7) is 1.78. The molecule has 0 saturated carbocycles. The molecule has 4 nitrogen and oxygen atoms in total. The maximum Gasteiger partial charge on any atom is 0.168 e. The van der Waals surface area contributed by atoms with Gasteiger partial charge in [-0.2, -0.15) is 5.10 Å². The van der Waals surface area contributed by atoms with Crippen LogP contribution in [-0.2, 0) is 0 Å². The third kappa shape index (κ3) is 1.34. The molecule has 17 heavy (non-hydrogen) atoms. The predicted octanol–water partition coefficient (Wildman–Crippen LogP) is 2.66. The Balaban J connectivity index is 2.62. The number of benzene rings is 1. The number of hydrogen-bond donors (Lipinski definition) is 0. The molecular weight excluding hydrogens is 238 g/mol. The van der Waals surface area contributed by atoms with Gasteiger partial charge in [0.25, 0.3) is 0 Å². The second kappa shape index (κ2) is 3.53. The highest BCUT2D eigenvalue weighted by Gasteiger charge is 2.14. The SMILES string of the molecule is Cc1nn2c(nc(Cl)c3ccccc32)c1C=O. The first-order chi connectivity index (χ1) is 8.22. The molecule has 5 heteroatoms. The van der Waals surface area contributed by atoms with Gasteiger partial charge in [-0.3, -0.25) is 4.79 Å². The van der Waals surface area contributed by atoms with E-state index in [-0.39, 0.29) is 0 Å². The molecule has 2 heterocycles. The van der Waals surface area contributed by atoms with Crippen molar-refractivity contribution in [3.8, 4) is 0 Å². The molecule has 0 saturated heterocycles. The zero-order chi connectivity index (χ0) is 12.0. The molecule has 0 aliphatic carbocycles. The fraction of sp³-hybridized carbons (Fsp3) is 0.0833. The highest BCUT2D eigenvalue weighted by atomic mass is 35.5. The molecule has 0 amide bonds. The van der Waals surface area contributed by atoms with Crippen LogP contribution >= 0.6 is 11.6 Å². The van der Waals surface area contributed by atoms with Gasteiger partial charge in [0.05, 0.1) is 16.8 Å². The topological polar surface area (TPSA) is 47.3 Å². The number of aromatic nitrogens is 3. The molecule has 84 valence electrons. The minimum atomic E-state index is 0.385. The van der Waals surface area contributed by atoms with Crippen LogP contribution < -0.4 is 0 Å². The third-order valence-electron chi connectivity index (χ3n) is 2.76. The van der Waals surface area contributed by atoms with Crippen molar-refractivity contribution < 1.29 is 4.79 Å². The fourth-order valence-electron chi connectivity index (χ4n) is 1.93. The zero-order valence-electron chi connectivity index (χ0n) is 9.01. The number of nitrogens with zero attached hydrogens (tertiary/aromatic N) is 3. The Morgan fingerprint density at radius 3 is 2.88 bits per heavy atom. The van der Waals surface area contributed by atoms with Crippen LogP contribution in [0.25, 0.3) is 16.6 Å². The average Bonchev–Trinajstić information content (AvgIpc) is 2.66. The number of para-hydroxylation sites is 1. The Kier molecular flexibility index (Phi) is 2.12. The predicted molar refractivity (Wildman–Crippen MR) is 65.6 cm³/mol. The van der Waals surface area contributed by atoms with Crippen molar-refractivity contribution in [2.45, 2.75) is 6.92 Å². The van der Waals surface area contributed by atoms with E-state index in [9.17, 15) is 4.79 Å². The Morgan fingerprint density at radius 2 is 2.12 bits per heavy atom. The number of fused-ring (bicyclic) bond motifs is 3. The second-order valence-electron chi connectivity index (χ2n) is 3.77. The van der Waals surface area contributed by atoms with E-state index in [1.165, 1.54) is 0 Å². The summed E-state index contributed by atoms with van der Waals surface area (Å²) in [6.07, 6.45) is 0.760. The monoisotopic (exact) mass is 245 g/mol. The standard InChI is InChI=1S/C12H8ClN3O/c1-7-9(6-17)12-14-11(13)8-4-2-3-5-10(8)16(12)15-7/h2-6H,1H3.